The first-order chi connectivity index (χ1) is 24.6. The number of aromatic nitrogens is 4. The third kappa shape index (κ3) is 6.48. The summed E-state index contributed by atoms with van der Waals surface area (Å²) in [5.74, 6) is 0. The van der Waals surface area contributed by atoms with Crippen LogP contribution in [0.3, 0.4) is 0 Å². The highest BCUT2D eigenvalue weighted by Gasteiger charge is 2.25. The lowest BCUT2D eigenvalue weighted by Crippen LogP contribution is -2.35. The van der Waals surface area contributed by atoms with Crippen molar-refractivity contribution in [2.75, 3.05) is 18.0 Å². The van der Waals surface area contributed by atoms with Crippen molar-refractivity contribution in [2.24, 2.45) is 0 Å². The first-order valence-electron chi connectivity index (χ1n) is 19.2. The number of piperidine rings is 1. The minimum atomic E-state index is -0.192. The van der Waals surface area contributed by atoms with Crippen molar-refractivity contribution >= 4 is 50.0 Å². The predicted octanol–water partition coefficient (Wildman–Crippen LogP) is 11.1. The van der Waals surface area contributed by atoms with E-state index in [2.05, 4.69) is 113 Å². The Labute approximate surface area is 303 Å². The SMILES string of the molecule is CCCCc1c(C)c2cc3nc(c(-c4ccc(N5CCC(O)CC5)cc4)c4nc(cc5[nH]c(cc1[nH]2)c(CCCC)c5C)C(C)=C4C)C(C)=C3C. The number of aryl methyl sites for hydroxylation is 4. The molecule has 6 heteroatoms. The molecule has 1 aromatic carbocycles. The zero-order valence-corrected chi connectivity index (χ0v) is 32.0. The molecule has 8 bridgehead atoms. The molecule has 0 saturated carbocycles. The minimum absolute atomic E-state index is 0.192. The number of hydrogen-bond donors (Lipinski definition) is 3. The Kier molecular flexibility index (Phi) is 9.82. The molecular weight excluding hydrogens is 627 g/mol. The second-order valence-electron chi connectivity index (χ2n) is 15.1. The van der Waals surface area contributed by atoms with Gasteiger partial charge in [0, 0.05) is 46.4 Å². The lowest BCUT2D eigenvalue weighted by Gasteiger charge is -2.31. The highest BCUT2D eigenvalue weighted by Crippen LogP contribution is 2.42. The fourth-order valence-electron chi connectivity index (χ4n) is 8.09. The van der Waals surface area contributed by atoms with Crippen LogP contribution >= 0.6 is 0 Å². The van der Waals surface area contributed by atoms with E-state index in [4.69, 9.17) is 9.97 Å². The van der Waals surface area contributed by atoms with E-state index < -0.39 is 0 Å². The van der Waals surface area contributed by atoms with Gasteiger partial charge in [-0.3, -0.25) is 0 Å². The van der Waals surface area contributed by atoms with Gasteiger partial charge in [-0.25, -0.2) is 9.97 Å². The molecule has 6 heterocycles. The molecule has 3 N–H and O–H groups in total. The third-order valence-electron chi connectivity index (χ3n) is 11.8. The Bertz CT molecular complexity index is 2080. The van der Waals surface area contributed by atoms with Gasteiger partial charge in [-0.05, 0) is 161 Å². The van der Waals surface area contributed by atoms with E-state index in [-0.39, 0.29) is 6.10 Å². The van der Waals surface area contributed by atoms with Gasteiger partial charge >= 0.3 is 0 Å². The zero-order chi connectivity index (χ0) is 36.0. The van der Waals surface area contributed by atoms with Crippen LogP contribution in [0.1, 0.15) is 125 Å². The fourth-order valence-corrected chi connectivity index (χ4v) is 8.09. The lowest BCUT2D eigenvalue weighted by molar-refractivity contribution is 0.145. The summed E-state index contributed by atoms with van der Waals surface area (Å²) in [5, 5.41) is 10.1. The lowest BCUT2D eigenvalue weighted by atomic mass is 9.94. The monoisotopic (exact) mass is 681 g/mol. The zero-order valence-electron chi connectivity index (χ0n) is 32.0. The van der Waals surface area contributed by atoms with E-state index in [1.54, 1.807) is 0 Å². The van der Waals surface area contributed by atoms with E-state index in [1.165, 1.54) is 61.3 Å². The molecule has 1 saturated heterocycles. The van der Waals surface area contributed by atoms with Crippen LogP contribution in [0.2, 0.25) is 0 Å². The summed E-state index contributed by atoms with van der Waals surface area (Å²) in [5.41, 5.74) is 22.2. The summed E-state index contributed by atoms with van der Waals surface area (Å²) in [6.45, 7) is 19.7. The predicted molar refractivity (Wildman–Crippen MR) is 217 cm³/mol. The highest BCUT2D eigenvalue weighted by atomic mass is 16.3. The van der Waals surface area contributed by atoms with Crippen LogP contribution in [0.4, 0.5) is 5.69 Å². The van der Waals surface area contributed by atoms with Crippen molar-refractivity contribution in [2.45, 2.75) is 113 Å². The van der Waals surface area contributed by atoms with Gasteiger partial charge in [-0.1, -0.05) is 38.8 Å². The molecule has 0 atom stereocenters. The van der Waals surface area contributed by atoms with E-state index in [0.29, 0.717) is 0 Å². The molecule has 51 heavy (non-hydrogen) atoms. The average molecular weight is 682 g/mol. The van der Waals surface area contributed by atoms with Crippen LogP contribution in [0.25, 0.3) is 55.5 Å². The van der Waals surface area contributed by atoms with Crippen LogP contribution in [0, 0.1) is 13.8 Å². The van der Waals surface area contributed by atoms with Crippen LogP contribution in [0.5, 0.6) is 0 Å². The molecule has 3 aliphatic heterocycles. The molecule has 0 spiro atoms. The number of anilines is 1. The molecule has 0 unspecified atom stereocenters. The topological polar surface area (TPSA) is 80.8 Å². The maximum absolute atomic E-state index is 10.1. The van der Waals surface area contributed by atoms with Crippen molar-refractivity contribution in [3.63, 3.8) is 0 Å². The molecule has 7 rings (SSSR count). The van der Waals surface area contributed by atoms with Gasteiger partial charge in [0.15, 0.2) is 0 Å². The first-order valence-corrected chi connectivity index (χ1v) is 19.2. The molecular formula is C45H55N5O. The quantitative estimate of drug-likeness (QED) is 0.173. The molecule has 6 nitrogen and oxygen atoms in total. The number of aliphatic hydroxyl groups is 1. The Morgan fingerprint density at radius 3 is 1.57 bits per heavy atom. The number of fused-ring (bicyclic) bond motifs is 8. The Morgan fingerprint density at radius 1 is 0.647 bits per heavy atom. The van der Waals surface area contributed by atoms with Crippen LogP contribution < -0.4 is 4.90 Å². The summed E-state index contributed by atoms with van der Waals surface area (Å²) in [4.78, 5) is 21.0. The number of nitrogens with zero attached hydrogens (tertiary/aromatic N) is 3. The number of rotatable bonds is 8. The number of allylic oxidation sites excluding steroid dienone is 4. The van der Waals surface area contributed by atoms with Crippen LogP contribution in [-0.2, 0) is 12.8 Å². The van der Waals surface area contributed by atoms with E-state index in [0.717, 1.165) is 109 Å². The molecule has 1 fully saturated rings. The van der Waals surface area contributed by atoms with Crippen molar-refractivity contribution in [1.29, 1.82) is 0 Å². The standard InChI is InChI=1S/C45H55N5O/c1-9-11-13-35-30(7)39-23-37-26(3)28(5)44(48-37)43(32-15-17-33(18-16-32)50-21-19-34(51)20-22-50)45-29(6)27(4)38(49-45)24-40-31(8)36(14-12-10-2)42(47-40)25-41(35)46-39/h15-18,23-25,34,46-47,51H,9-14,19-22H2,1-8H3. The maximum atomic E-state index is 10.1. The normalized spacial score (nSPS) is 15.4. The molecule has 3 aliphatic rings. The van der Waals surface area contributed by atoms with Crippen molar-refractivity contribution in [3.8, 4) is 11.1 Å². The Morgan fingerprint density at radius 2 is 1.12 bits per heavy atom. The summed E-state index contributed by atoms with van der Waals surface area (Å²) in [7, 11) is 0. The van der Waals surface area contributed by atoms with E-state index in [9.17, 15) is 5.11 Å². The smallest absolute Gasteiger partial charge is 0.0769 e. The summed E-state index contributed by atoms with van der Waals surface area (Å²) in [6, 6.07) is 15.8. The molecule has 0 amide bonds. The summed E-state index contributed by atoms with van der Waals surface area (Å²) >= 11 is 0. The van der Waals surface area contributed by atoms with Gasteiger partial charge in [-0.2, -0.15) is 0 Å². The summed E-state index contributed by atoms with van der Waals surface area (Å²) in [6.07, 6.45) is 8.15. The van der Waals surface area contributed by atoms with Gasteiger partial charge in [0.1, 0.15) is 0 Å². The van der Waals surface area contributed by atoms with Gasteiger partial charge in [0.25, 0.3) is 0 Å². The second kappa shape index (κ2) is 14.3. The number of nitrogens with one attached hydrogen (secondary N) is 2. The molecule has 0 aliphatic carbocycles. The average Bonchev–Trinajstić information content (AvgIpc) is 3.78. The number of H-pyrrole nitrogens is 2. The minimum Gasteiger partial charge on any atom is -0.393 e. The van der Waals surface area contributed by atoms with Gasteiger partial charge < -0.3 is 20.0 Å². The van der Waals surface area contributed by atoms with Crippen molar-refractivity contribution in [1.82, 2.24) is 19.9 Å². The maximum Gasteiger partial charge on any atom is 0.0769 e. The van der Waals surface area contributed by atoms with E-state index in [1.807, 2.05) is 0 Å². The van der Waals surface area contributed by atoms with Gasteiger partial charge in [0.05, 0.1) is 28.9 Å². The summed E-state index contributed by atoms with van der Waals surface area (Å²) < 4.78 is 0. The molecule has 266 valence electrons. The first kappa shape index (κ1) is 35.0. The molecule has 4 aromatic rings. The van der Waals surface area contributed by atoms with Gasteiger partial charge in [0.2, 0.25) is 0 Å². The second-order valence-corrected chi connectivity index (χ2v) is 15.1. The fraction of sp³-hybridized carbons (Fsp3) is 0.422. The largest absolute Gasteiger partial charge is 0.393 e. The number of aromatic amines is 2. The molecule has 3 aromatic heterocycles. The number of aliphatic hydroxyl groups excluding tert-OH is 1. The number of hydrogen-bond acceptors (Lipinski definition) is 4. The number of unbranched alkanes of at least 4 members (excludes halogenated alkanes) is 2. The van der Waals surface area contributed by atoms with Crippen molar-refractivity contribution in [3.05, 3.63) is 87.5 Å². The van der Waals surface area contributed by atoms with Crippen LogP contribution in [-0.4, -0.2) is 44.2 Å². The van der Waals surface area contributed by atoms with Crippen LogP contribution in [0.15, 0.2) is 42.5 Å². The Balaban J connectivity index is 1.55. The van der Waals surface area contributed by atoms with Gasteiger partial charge in [-0.15, -0.1) is 0 Å². The third-order valence-corrected chi connectivity index (χ3v) is 11.8. The van der Waals surface area contributed by atoms with E-state index >= 15 is 0 Å². The number of benzene rings is 1. The van der Waals surface area contributed by atoms with Crippen molar-refractivity contribution < 1.29 is 5.11 Å². The Hall–Kier alpha value is -4.42. The highest BCUT2D eigenvalue weighted by molar-refractivity contribution is 6.01. The molecule has 0 radical (unpaired) electrons.